The lowest BCUT2D eigenvalue weighted by Gasteiger charge is -2.12. The summed E-state index contributed by atoms with van der Waals surface area (Å²) < 4.78 is 7.67. The molecule has 2 aromatic carbocycles. The third-order valence-corrected chi connectivity index (χ3v) is 4.91. The predicted molar refractivity (Wildman–Crippen MR) is 109 cm³/mol. The highest BCUT2D eigenvalue weighted by Crippen LogP contribution is 2.35. The van der Waals surface area contributed by atoms with Crippen molar-refractivity contribution in [1.82, 2.24) is 14.5 Å². The Kier molecular flexibility index (Phi) is 4.28. The normalized spacial score (nSPS) is 11.0. The van der Waals surface area contributed by atoms with Crippen molar-refractivity contribution < 1.29 is 4.74 Å². The molecule has 0 aliphatic carbocycles. The molecule has 1 N–H and O–H groups in total. The van der Waals surface area contributed by atoms with Gasteiger partial charge in [0.1, 0.15) is 17.9 Å². The lowest BCUT2D eigenvalue weighted by molar-refractivity contribution is 0.416. The van der Waals surface area contributed by atoms with Crippen molar-refractivity contribution in [2.24, 2.45) is 0 Å². The first-order valence-electron chi connectivity index (χ1n) is 8.90. The maximum Gasteiger partial charge on any atom is 0.150 e. The molecule has 0 saturated heterocycles. The van der Waals surface area contributed by atoms with Crippen LogP contribution in [0.1, 0.15) is 16.8 Å². The minimum absolute atomic E-state index is 0.777. The summed E-state index contributed by atoms with van der Waals surface area (Å²) in [5.41, 5.74) is 6.33. The van der Waals surface area contributed by atoms with E-state index >= 15 is 0 Å². The van der Waals surface area contributed by atoms with Crippen LogP contribution in [0.25, 0.3) is 16.7 Å². The highest BCUT2D eigenvalue weighted by atomic mass is 16.5. The van der Waals surface area contributed by atoms with Crippen molar-refractivity contribution in [1.29, 1.82) is 0 Å². The molecular formula is C22H22N4O. The van der Waals surface area contributed by atoms with Crippen molar-refractivity contribution in [3.8, 4) is 11.4 Å². The van der Waals surface area contributed by atoms with E-state index in [4.69, 9.17) is 4.74 Å². The Morgan fingerprint density at radius 2 is 1.74 bits per heavy atom. The molecule has 0 radical (unpaired) electrons. The van der Waals surface area contributed by atoms with Gasteiger partial charge in [0.25, 0.3) is 0 Å². The Morgan fingerprint density at radius 3 is 2.48 bits per heavy atom. The summed E-state index contributed by atoms with van der Waals surface area (Å²) in [4.78, 5) is 9.11. The number of methoxy groups -OCH3 is 1. The van der Waals surface area contributed by atoms with Crippen LogP contribution < -0.4 is 10.1 Å². The van der Waals surface area contributed by atoms with Crippen LogP contribution in [-0.4, -0.2) is 21.6 Å². The number of aryl methyl sites for hydroxylation is 2. The van der Waals surface area contributed by atoms with Crippen molar-refractivity contribution in [3.63, 3.8) is 0 Å². The number of hydrogen-bond acceptors (Lipinski definition) is 4. The van der Waals surface area contributed by atoms with E-state index in [1.165, 1.54) is 0 Å². The van der Waals surface area contributed by atoms with Crippen LogP contribution in [0, 0.1) is 20.8 Å². The Morgan fingerprint density at radius 1 is 0.963 bits per heavy atom. The van der Waals surface area contributed by atoms with E-state index in [1.807, 2.05) is 30.3 Å². The zero-order valence-electron chi connectivity index (χ0n) is 15.9. The average Bonchev–Trinajstić information content (AvgIpc) is 2.94. The minimum atomic E-state index is 0.777. The van der Waals surface area contributed by atoms with Gasteiger partial charge in [-0.1, -0.05) is 24.3 Å². The maximum absolute atomic E-state index is 5.50. The summed E-state index contributed by atoms with van der Waals surface area (Å²) in [6, 6.07) is 16.3. The summed E-state index contributed by atoms with van der Waals surface area (Å²) >= 11 is 0. The number of para-hydroxylation sites is 1. The summed E-state index contributed by atoms with van der Waals surface area (Å²) in [5, 5.41) is 4.47. The fourth-order valence-electron chi connectivity index (χ4n) is 3.43. The zero-order chi connectivity index (χ0) is 19.0. The first-order chi connectivity index (χ1) is 13.1. The van der Waals surface area contributed by atoms with Gasteiger partial charge >= 0.3 is 0 Å². The van der Waals surface area contributed by atoms with E-state index in [1.54, 1.807) is 13.4 Å². The second kappa shape index (κ2) is 6.76. The Balaban J connectivity index is 1.91. The van der Waals surface area contributed by atoms with Gasteiger partial charge < -0.3 is 10.1 Å². The molecule has 0 amide bonds. The van der Waals surface area contributed by atoms with E-state index in [2.05, 4.69) is 58.8 Å². The Labute approximate surface area is 158 Å². The molecule has 4 rings (SSSR count). The summed E-state index contributed by atoms with van der Waals surface area (Å²) in [6.45, 7) is 6.28. The fraction of sp³-hybridized carbons (Fsp3) is 0.182. The van der Waals surface area contributed by atoms with Crippen molar-refractivity contribution >= 4 is 22.5 Å². The van der Waals surface area contributed by atoms with Gasteiger partial charge in [-0.3, -0.25) is 4.57 Å². The van der Waals surface area contributed by atoms with Gasteiger partial charge in [0.05, 0.1) is 18.2 Å². The molecule has 0 fully saturated rings. The maximum atomic E-state index is 5.50. The van der Waals surface area contributed by atoms with Crippen LogP contribution >= 0.6 is 0 Å². The van der Waals surface area contributed by atoms with E-state index in [-0.39, 0.29) is 0 Å². The third kappa shape index (κ3) is 2.91. The molecule has 2 aromatic heterocycles. The molecule has 0 spiro atoms. The number of ether oxygens (including phenoxy) is 1. The summed E-state index contributed by atoms with van der Waals surface area (Å²) in [7, 11) is 1.67. The highest BCUT2D eigenvalue weighted by Gasteiger charge is 2.18. The van der Waals surface area contributed by atoms with Crippen molar-refractivity contribution in [2.75, 3.05) is 12.4 Å². The van der Waals surface area contributed by atoms with Gasteiger partial charge in [-0.15, -0.1) is 0 Å². The lowest BCUT2D eigenvalue weighted by atomic mass is 10.2. The quantitative estimate of drug-likeness (QED) is 0.551. The first-order valence-corrected chi connectivity index (χ1v) is 8.90. The fourth-order valence-corrected chi connectivity index (χ4v) is 3.43. The van der Waals surface area contributed by atoms with Crippen LogP contribution in [0.5, 0.6) is 5.75 Å². The van der Waals surface area contributed by atoms with Gasteiger partial charge in [0.15, 0.2) is 5.65 Å². The highest BCUT2D eigenvalue weighted by molar-refractivity contribution is 5.94. The van der Waals surface area contributed by atoms with Crippen molar-refractivity contribution in [3.05, 3.63) is 71.7 Å². The lowest BCUT2D eigenvalue weighted by Crippen LogP contribution is -2.00. The number of nitrogens with one attached hydrogen (secondary N) is 1. The Bertz CT molecular complexity index is 1120. The van der Waals surface area contributed by atoms with Crippen LogP contribution in [0.2, 0.25) is 0 Å². The van der Waals surface area contributed by atoms with Crippen LogP contribution in [0.15, 0.2) is 54.9 Å². The number of fused-ring (bicyclic) bond motifs is 1. The molecule has 136 valence electrons. The molecule has 0 aliphatic rings. The molecule has 2 heterocycles. The molecule has 0 saturated carbocycles. The van der Waals surface area contributed by atoms with Crippen LogP contribution in [0.3, 0.4) is 0 Å². The number of benzene rings is 2. The van der Waals surface area contributed by atoms with Gasteiger partial charge in [-0.2, -0.15) is 0 Å². The molecule has 0 aliphatic heterocycles. The molecule has 0 unspecified atom stereocenters. The molecular weight excluding hydrogens is 336 g/mol. The van der Waals surface area contributed by atoms with Crippen LogP contribution in [-0.2, 0) is 0 Å². The van der Waals surface area contributed by atoms with Gasteiger partial charge in [0.2, 0.25) is 0 Å². The molecule has 5 heteroatoms. The monoisotopic (exact) mass is 358 g/mol. The van der Waals surface area contributed by atoms with Crippen molar-refractivity contribution in [2.45, 2.75) is 20.8 Å². The largest absolute Gasteiger partial charge is 0.495 e. The van der Waals surface area contributed by atoms with Gasteiger partial charge in [-0.05, 0) is 56.2 Å². The van der Waals surface area contributed by atoms with Crippen LogP contribution in [0.4, 0.5) is 11.5 Å². The molecule has 27 heavy (non-hydrogen) atoms. The van der Waals surface area contributed by atoms with E-state index < -0.39 is 0 Å². The number of hydrogen-bond donors (Lipinski definition) is 1. The third-order valence-electron chi connectivity index (χ3n) is 4.91. The smallest absolute Gasteiger partial charge is 0.150 e. The number of anilines is 2. The van der Waals surface area contributed by atoms with E-state index in [0.29, 0.717) is 0 Å². The second-order valence-corrected chi connectivity index (χ2v) is 6.63. The summed E-state index contributed by atoms with van der Waals surface area (Å²) in [5.74, 6) is 1.56. The molecule has 4 aromatic rings. The van der Waals surface area contributed by atoms with E-state index in [9.17, 15) is 0 Å². The zero-order valence-corrected chi connectivity index (χ0v) is 15.9. The second-order valence-electron chi connectivity index (χ2n) is 6.63. The molecule has 0 bridgehead atoms. The molecule has 5 nitrogen and oxygen atoms in total. The van der Waals surface area contributed by atoms with Gasteiger partial charge in [0, 0.05) is 11.4 Å². The molecule has 0 atom stereocenters. The average molecular weight is 358 g/mol. The predicted octanol–water partition coefficient (Wildman–Crippen LogP) is 5.10. The number of nitrogens with zero attached hydrogens (tertiary/aromatic N) is 3. The number of rotatable bonds is 4. The standard InChI is InChI=1S/C22H22N4O/c1-14-10-11-19(27-4)18(12-14)25-21-20-15(2)16(3)26(22(20)24-13-23-21)17-8-6-5-7-9-17/h5-13H,1-4H3,(H,23,24,25). The van der Waals surface area contributed by atoms with Gasteiger partial charge in [-0.25, -0.2) is 9.97 Å². The topological polar surface area (TPSA) is 52.0 Å². The van der Waals surface area contributed by atoms with E-state index in [0.717, 1.165) is 50.8 Å². The SMILES string of the molecule is COc1ccc(C)cc1Nc1ncnc2c1c(C)c(C)n2-c1ccccc1. The summed E-state index contributed by atoms with van der Waals surface area (Å²) in [6.07, 6.45) is 1.60. The first kappa shape index (κ1) is 17.1. The Hall–Kier alpha value is -3.34. The minimum Gasteiger partial charge on any atom is -0.495 e. The number of aromatic nitrogens is 3.